The molecule has 2 aromatic heterocycles. The Morgan fingerprint density at radius 3 is 2.75 bits per heavy atom. The molecule has 6 nitrogen and oxygen atoms in total. The van der Waals surface area contributed by atoms with E-state index in [1.807, 2.05) is 0 Å². The molecular weight excluding hydrogens is 380 g/mol. The normalized spacial score (nSPS) is 11.7. The molecule has 0 bridgehead atoms. The number of pyridine rings is 1. The Bertz CT molecular complexity index is 1040. The molecule has 3 aromatic rings. The van der Waals surface area contributed by atoms with Gasteiger partial charge in [0, 0.05) is 28.2 Å². The van der Waals surface area contributed by atoms with E-state index in [4.69, 9.17) is 27.9 Å². The van der Waals surface area contributed by atoms with Crippen molar-refractivity contribution in [1.29, 1.82) is 0 Å². The maximum Gasteiger partial charge on any atom is 0.264 e. The van der Waals surface area contributed by atoms with Crippen LogP contribution in [0.3, 0.4) is 0 Å². The molecule has 0 spiro atoms. The van der Waals surface area contributed by atoms with E-state index in [0.29, 0.717) is 15.9 Å². The highest BCUT2D eigenvalue weighted by atomic mass is 35.5. The molecule has 3 rings (SSSR count). The molecule has 126 valence electrons. The van der Waals surface area contributed by atoms with Gasteiger partial charge in [0.2, 0.25) is 5.88 Å². The number of aromatic amines is 1. The molecule has 0 saturated carbocycles. The van der Waals surface area contributed by atoms with Gasteiger partial charge in [0.1, 0.15) is 10.6 Å². The van der Waals surface area contributed by atoms with Crippen LogP contribution in [0, 0.1) is 5.82 Å². The lowest BCUT2D eigenvalue weighted by molar-refractivity contribution is 0.398. The summed E-state index contributed by atoms with van der Waals surface area (Å²) >= 11 is 11.4. The first kappa shape index (κ1) is 16.8. The van der Waals surface area contributed by atoms with Gasteiger partial charge in [-0.1, -0.05) is 23.2 Å². The van der Waals surface area contributed by atoms with Crippen molar-refractivity contribution in [2.75, 3.05) is 11.8 Å². The van der Waals surface area contributed by atoms with Crippen molar-refractivity contribution in [1.82, 2.24) is 9.97 Å². The van der Waals surface area contributed by atoms with Gasteiger partial charge in [0.25, 0.3) is 10.0 Å². The van der Waals surface area contributed by atoms with Gasteiger partial charge in [-0.2, -0.15) is 4.98 Å². The van der Waals surface area contributed by atoms with Crippen LogP contribution in [0.1, 0.15) is 0 Å². The predicted molar refractivity (Wildman–Crippen MR) is 89.9 cm³/mol. The number of benzene rings is 1. The molecule has 0 fully saturated rings. The van der Waals surface area contributed by atoms with Gasteiger partial charge in [0.15, 0.2) is 11.0 Å². The lowest BCUT2D eigenvalue weighted by Gasteiger charge is -2.11. The first-order chi connectivity index (χ1) is 11.3. The van der Waals surface area contributed by atoms with Gasteiger partial charge in [-0.05, 0) is 18.2 Å². The van der Waals surface area contributed by atoms with Crippen molar-refractivity contribution in [2.24, 2.45) is 0 Å². The average Bonchev–Trinajstić information content (AvgIpc) is 2.94. The molecule has 0 atom stereocenters. The van der Waals surface area contributed by atoms with Crippen LogP contribution in [0.5, 0.6) is 5.88 Å². The zero-order valence-corrected chi connectivity index (χ0v) is 14.4. The number of sulfonamides is 1. The minimum absolute atomic E-state index is 0.0217. The zero-order chi connectivity index (χ0) is 17.5. The largest absolute Gasteiger partial charge is 0.479 e. The Morgan fingerprint density at radius 1 is 1.29 bits per heavy atom. The van der Waals surface area contributed by atoms with Crippen molar-refractivity contribution in [3.63, 3.8) is 0 Å². The third-order valence-corrected chi connectivity index (χ3v) is 5.14. The number of anilines is 1. The van der Waals surface area contributed by atoms with E-state index < -0.39 is 21.0 Å². The van der Waals surface area contributed by atoms with Gasteiger partial charge >= 0.3 is 0 Å². The number of fused-ring (bicyclic) bond motifs is 1. The fourth-order valence-corrected chi connectivity index (χ4v) is 3.70. The average molecular weight is 390 g/mol. The molecule has 10 heteroatoms. The summed E-state index contributed by atoms with van der Waals surface area (Å²) in [6, 6.07) is 5.64. The van der Waals surface area contributed by atoms with Crippen LogP contribution in [0.15, 0.2) is 35.4 Å². The molecule has 1 aromatic carbocycles. The number of ether oxygens (including phenoxy) is 1. The van der Waals surface area contributed by atoms with Crippen molar-refractivity contribution < 1.29 is 17.5 Å². The van der Waals surface area contributed by atoms with Crippen molar-refractivity contribution in [3.8, 4) is 5.88 Å². The minimum atomic E-state index is -4.03. The smallest absolute Gasteiger partial charge is 0.264 e. The summed E-state index contributed by atoms with van der Waals surface area (Å²) < 4.78 is 46.0. The maximum atomic E-state index is 13.6. The fourth-order valence-electron chi connectivity index (χ4n) is 2.17. The molecule has 2 N–H and O–H groups in total. The second-order valence-electron chi connectivity index (χ2n) is 4.77. The van der Waals surface area contributed by atoms with E-state index in [0.717, 1.165) is 6.07 Å². The number of aromatic nitrogens is 2. The Morgan fingerprint density at radius 2 is 2.04 bits per heavy atom. The van der Waals surface area contributed by atoms with E-state index in [2.05, 4.69) is 14.7 Å². The molecule has 2 heterocycles. The second kappa shape index (κ2) is 6.12. The molecule has 24 heavy (non-hydrogen) atoms. The number of hydrogen-bond donors (Lipinski definition) is 2. The van der Waals surface area contributed by atoms with Crippen LogP contribution in [0.4, 0.5) is 10.1 Å². The quantitative estimate of drug-likeness (QED) is 0.664. The molecular formula is C14H10Cl2FN3O3S. The van der Waals surface area contributed by atoms with Crippen molar-refractivity contribution in [3.05, 3.63) is 46.5 Å². The first-order valence-corrected chi connectivity index (χ1v) is 8.75. The molecule has 0 aliphatic carbocycles. The number of methoxy groups -OCH3 is 1. The third kappa shape index (κ3) is 3.00. The highest BCUT2D eigenvalue weighted by molar-refractivity contribution is 7.93. The van der Waals surface area contributed by atoms with Crippen LogP contribution < -0.4 is 9.46 Å². The van der Waals surface area contributed by atoms with Gasteiger partial charge in [-0.15, -0.1) is 0 Å². The van der Waals surface area contributed by atoms with Crippen LogP contribution in [0.25, 0.3) is 10.9 Å². The van der Waals surface area contributed by atoms with E-state index in [1.165, 1.54) is 13.3 Å². The maximum absolute atomic E-state index is 13.6. The number of hydrogen-bond acceptors (Lipinski definition) is 4. The number of halogens is 3. The summed E-state index contributed by atoms with van der Waals surface area (Å²) in [6.07, 6.45) is 1.31. The Balaban J connectivity index is 2.07. The lowest BCUT2D eigenvalue weighted by Crippen LogP contribution is -2.14. The second-order valence-corrected chi connectivity index (χ2v) is 7.21. The van der Waals surface area contributed by atoms with E-state index in [-0.39, 0.29) is 16.5 Å². The van der Waals surface area contributed by atoms with Crippen LogP contribution in [0.2, 0.25) is 10.2 Å². The van der Waals surface area contributed by atoms with E-state index >= 15 is 0 Å². The number of H-pyrrole nitrogens is 1. The summed E-state index contributed by atoms with van der Waals surface area (Å²) in [7, 11) is -2.76. The summed E-state index contributed by atoms with van der Waals surface area (Å²) in [5.41, 5.74) is 0.387. The SMILES string of the molecule is COc1nc(Cl)c(F)cc1NS(=O)(=O)c1c[nH]c2cc(Cl)ccc12. The summed E-state index contributed by atoms with van der Waals surface area (Å²) in [6.45, 7) is 0. The van der Waals surface area contributed by atoms with Crippen LogP contribution >= 0.6 is 23.2 Å². The predicted octanol–water partition coefficient (Wildman–Crippen LogP) is 3.82. The molecule has 0 amide bonds. The summed E-state index contributed by atoms with van der Waals surface area (Å²) in [5.74, 6) is -1.02. The third-order valence-electron chi connectivity index (χ3n) is 3.23. The Hall–Kier alpha value is -2.03. The van der Waals surface area contributed by atoms with Crippen molar-refractivity contribution in [2.45, 2.75) is 4.90 Å². The highest BCUT2D eigenvalue weighted by Gasteiger charge is 2.22. The van der Waals surface area contributed by atoms with Gasteiger partial charge in [-0.3, -0.25) is 4.72 Å². The molecule has 0 saturated heterocycles. The Labute approximate surface area is 146 Å². The molecule has 0 radical (unpaired) electrons. The number of nitrogens with zero attached hydrogens (tertiary/aromatic N) is 1. The van der Waals surface area contributed by atoms with Gasteiger partial charge in [0.05, 0.1) is 7.11 Å². The van der Waals surface area contributed by atoms with Crippen LogP contribution in [-0.4, -0.2) is 25.5 Å². The summed E-state index contributed by atoms with van der Waals surface area (Å²) in [5, 5.41) is 0.483. The number of nitrogens with one attached hydrogen (secondary N) is 2. The van der Waals surface area contributed by atoms with Gasteiger partial charge in [-0.25, -0.2) is 12.8 Å². The number of rotatable bonds is 4. The standard InChI is InChI=1S/C14H10Cl2FN3O3S/c1-23-14-11(5-9(17)13(16)19-14)20-24(21,22)12-6-18-10-4-7(15)2-3-8(10)12/h2-6,18,20H,1H3. The zero-order valence-electron chi connectivity index (χ0n) is 12.1. The van der Waals surface area contributed by atoms with Crippen LogP contribution in [-0.2, 0) is 10.0 Å². The molecule has 0 aliphatic heterocycles. The first-order valence-electron chi connectivity index (χ1n) is 6.51. The topological polar surface area (TPSA) is 84.1 Å². The van der Waals surface area contributed by atoms with E-state index in [9.17, 15) is 12.8 Å². The fraction of sp³-hybridized carbons (Fsp3) is 0.0714. The Kier molecular flexibility index (Phi) is 4.29. The summed E-state index contributed by atoms with van der Waals surface area (Å²) in [4.78, 5) is 6.45. The minimum Gasteiger partial charge on any atom is -0.479 e. The monoisotopic (exact) mass is 389 g/mol. The van der Waals surface area contributed by atoms with Gasteiger partial charge < -0.3 is 9.72 Å². The highest BCUT2D eigenvalue weighted by Crippen LogP contribution is 2.31. The van der Waals surface area contributed by atoms with E-state index in [1.54, 1.807) is 18.2 Å². The molecule has 0 unspecified atom stereocenters. The lowest BCUT2D eigenvalue weighted by atomic mass is 10.2. The van der Waals surface area contributed by atoms with Crippen molar-refractivity contribution >= 4 is 49.8 Å². The molecule has 0 aliphatic rings.